The van der Waals surface area contributed by atoms with Crippen molar-refractivity contribution >= 4 is 27.5 Å². The van der Waals surface area contributed by atoms with Gasteiger partial charge in [-0.15, -0.1) is 0 Å². The van der Waals surface area contributed by atoms with Gasteiger partial charge in [0.1, 0.15) is 12.4 Å². The number of amides is 1. The van der Waals surface area contributed by atoms with Gasteiger partial charge < -0.3 is 15.8 Å². The van der Waals surface area contributed by atoms with E-state index in [9.17, 15) is 4.79 Å². The maximum atomic E-state index is 12.0. The molecule has 2 aromatic rings. The minimum Gasteiger partial charge on any atom is -0.492 e. The van der Waals surface area contributed by atoms with Crippen LogP contribution in [-0.4, -0.2) is 19.1 Å². The molecular weight excluding hydrogens is 320 g/mol. The van der Waals surface area contributed by atoms with Crippen LogP contribution in [0.5, 0.6) is 5.75 Å². The molecule has 2 aromatic carbocycles. The molecule has 2 rings (SSSR count). The summed E-state index contributed by atoms with van der Waals surface area (Å²) in [7, 11) is 0. The molecule has 5 heteroatoms. The summed E-state index contributed by atoms with van der Waals surface area (Å²) in [5.74, 6) is 0.573. The summed E-state index contributed by atoms with van der Waals surface area (Å²) in [5, 5.41) is 2.77. The van der Waals surface area contributed by atoms with Gasteiger partial charge in [-0.05, 0) is 30.3 Å². The number of carbonyl (C=O) groups is 1. The largest absolute Gasteiger partial charge is 0.492 e. The quantitative estimate of drug-likeness (QED) is 0.652. The molecule has 0 fully saturated rings. The number of carbonyl (C=O) groups excluding carboxylic acids is 1. The molecule has 0 atom stereocenters. The van der Waals surface area contributed by atoms with E-state index in [-0.39, 0.29) is 5.91 Å². The fourth-order valence-corrected chi connectivity index (χ4v) is 2.03. The molecule has 0 aliphatic heterocycles. The first-order chi connectivity index (χ1) is 9.66. The molecule has 0 aliphatic carbocycles. The molecule has 0 aromatic heterocycles. The minimum absolute atomic E-state index is 0.208. The highest BCUT2D eigenvalue weighted by Gasteiger charge is 2.09. The number of para-hydroxylation sites is 1. The third-order valence-corrected chi connectivity index (χ3v) is 3.15. The number of hydrogen-bond acceptors (Lipinski definition) is 3. The molecule has 0 saturated heterocycles. The van der Waals surface area contributed by atoms with E-state index in [0.29, 0.717) is 24.4 Å². The molecule has 4 nitrogen and oxygen atoms in total. The number of ether oxygens (including phenoxy) is 1. The maximum absolute atomic E-state index is 12.0. The Labute approximate surface area is 126 Å². The van der Waals surface area contributed by atoms with Crippen LogP contribution < -0.4 is 15.8 Å². The van der Waals surface area contributed by atoms with Crippen LogP contribution in [-0.2, 0) is 0 Å². The summed E-state index contributed by atoms with van der Waals surface area (Å²) in [5.41, 5.74) is 6.68. The number of hydrogen-bond donors (Lipinski definition) is 2. The number of nitrogens with two attached hydrogens (primary N) is 1. The normalized spacial score (nSPS) is 10.1. The molecule has 104 valence electrons. The zero-order valence-electron chi connectivity index (χ0n) is 10.8. The van der Waals surface area contributed by atoms with E-state index in [1.54, 1.807) is 18.2 Å². The Morgan fingerprint density at radius 3 is 2.70 bits per heavy atom. The number of rotatable bonds is 5. The van der Waals surface area contributed by atoms with Crippen molar-refractivity contribution in [3.63, 3.8) is 0 Å². The predicted molar refractivity (Wildman–Crippen MR) is 82.8 cm³/mol. The van der Waals surface area contributed by atoms with E-state index in [1.807, 2.05) is 30.3 Å². The molecular formula is C15H15BrN2O2. The highest BCUT2D eigenvalue weighted by Crippen LogP contribution is 2.18. The van der Waals surface area contributed by atoms with E-state index >= 15 is 0 Å². The van der Waals surface area contributed by atoms with Crippen LogP contribution in [0.3, 0.4) is 0 Å². The summed E-state index contributed by atoms with van der Waals surface area (Å²) in [6, 6.07) is 14.6. The lowest BCUT2D eigenvalue weighted by molar-refractivity contribution is 0.0948. The smallest absolute Gasteiger partial charge is 0.253 e. The van der Waals surface area contributed by atoms with Gasteiger partial charge in [-0.3, -0.25) is 4.79 Å². The Balaban J connectivity index is 1.82. The molecule has 1 amide bonds. The van der Waals surface area contributed by atoms with Crippen molar-refractivity contribution in [1.29, 1.82) is 0 Å². The van der Waals surface area contributed by atoms with Crippen molar-refractivity contribution in [3.05, 3.63) is 58.6 Å². The minimum atomic E-state index is -0.208. The van der Waals surface area contributed by atoms with Crippen LogP contribution >= 0.6 is 15.9 Å². The number of benzene rings is 2. The van der Waals surface area contributed by atoms with Gasteiger partial charge in [0.2, 0.25) is 0 Å². The van der Waals surface area contributed by atoms with E-state index in [4.69, 9.17) is 10.5 Å². The standard InChI is InChI=1S/C15H15BrN2O2/c16-11-6-7-14(17)13(10-11)15(19)18-8-9-20-12-4-2-1-3-5-12/h1-7,10H,8-9,17H2,(H,18,19). The van der Waals surface area contributed by atoms with E-state index in [2.05, 4.69) is 21.2 Å². The lowest BCUT2D eigenvalue weighted by Gasteiger charge is -2.09. The second-order valence-corrected chi connectivity index (χ2v) is 5.06. The predicted octanol–water partition coefficient (Wildman–Crippen LogP) is 2.84. The Bertz CT molecular complexity index is 588. The second kappa shape index (κ2) is 6.96. The van der Waals surface area contributed by atoms with Gasteiger partial charge in [-0.2, -0.15) is 0 Å². The average Bonchev–Trinajstić information content (AvgIpc) is 2.47. The number of nitrogens with one attached hydrogen (secondary N) is 1. The Morgan fingerprint density at radius 1 is 1.20 bits per heavy atom. The molecule has 20 heavy (non-hydrogen) atoms. The zero-order valence-corrected chi connectivity index (χ0v) is 12.4. The molecule has 0 heterocycles. The summed E-state index contributed by atoms with van der Waals surface area (Å²) >= 11 is 3.32. The summed E-state index contributed by atoms with van der Waals surface area (Å²) in [6.07, 6.45) is 0. The monoisotopic (exact) mass is 334 g/mol. The molecule has 0 saturated carbocycles. The van der Waals surface area contributed by atoms with Crippen molar-refractivity contribution in [2.45, 2.75) is 0 Å². The number of nitrogen functional groups attached to an aromatic ring is 1. The van der Waals surface area contributed by atoms with Crippen molar-refractivity contribution in [3.8, 4) is 5.75 Å². The van der Waals surface area contributed by atoms with E-state index in [1.165, 1.54) is 0 Å². The summed E-state index contributed by atoms with van der Waals surface area (Å²) < 4.78 is 6.31. The lowest BCUT2D eigenvalue weighted by Crippen LogP contribution is -2.28. The third kappa shape index (κ3) is 3.99. The summed E-state index contributed by atoms with van der Waals surface area (Å²) in [4.78, 5) is 12.0. The molecule has 0 bridgehead atoms. The Kier molecular flexibility index (Phi) is 5.01. The fourth-order valence-electron chi connectivity index (χ4n) is 1.67. The lowest BCUT2D eigenvalue weighted by atomic mass is 10.1. The van der Waals surface area contributed by atoms with Crippen molar-refractivity contribution < 1.29 is 9.53 Å². The van der Waals surface area contributed by atoms with Gasteiger partial charge in [0.05, 0.1) is 12.1 Å². The molecule has 0 aliphatic rings. The van der Waals surface area contributed by atoms with Gasteiger partial charge in [-0.1, -0.05) is 34.1 Å². The van der Waals surface area contributed by atoms with Crippen LogP contribution in [0.2, 0.25) is 0 Å². The first-order valence-corrected chi connectivity index (χ1v) is 6.97. The van der Waals surface area contributed by atoms with Gasteiger partial charge in [-0.25, -0.2) is 0 Å². The third-order valence-electron chi connectivity index (χ3n) is 2.66. The Morgan fingerprint density at radius 2 is 1.95 bits per heavy atom. The fraction of sp³-hybridized carbons (Fsp3) is 0.133. The number of halogens is 1. The van der Waals surface area contributed by atoms with Crippen molar-refractivity contribution in [2.24, 2.45) is 0 Å². The van der Waals surface area contributed by atoms with Crippen LogP contribution in [0, 0.1) is 0 Å². The van der Waals surface area contributed by atoms with Crippen LogP contribution in [0.4, 0.5) is 5.69 Å². The van der Waals surface area contributed by atoms with Crippen molar-refractivity contribution in [2.75, 3.05) is 18.9 Å². The highest BCUT2D eigenvalue weighted by atomic mass is 79.9. The molecule has 0 unspecified atom stereocenters. The van der Waals surface area contributed by atoms with Crippen LogP contribution in [0.15, 0.2) is 53.0 Å². The SMILES string of the molecule is Nc1ccc(Br)cc1C(=O)NCCOc1ccccc1. The van der Waals surface area contributed by atoms with Gasteiger partial charge in [0, 0.05) is 10.2 Å². The maximum Gasteiger partial charge on any atom is 0.253 e. The highest BCUT2D eigenvalue weighted by molar-refractivity contribution is 9.10. The van der Waals surface area contributed by atoms with Gasteiger partial charge in [0.25, 0.3) is 5.91 Å². The van der Waals surface area contributed by atoms with E-state index < -0.39 is 0 Å². The van der Waals surface area contributed by atoms with Gasteiger partial charge in [0.15, 0.2) is 0 Å². The first kappa shape index (κ1) is 14.4. The average molecular weight is 335 g/mol. The van der Waals surface area contributed by atoms with Crippen LogP contribution in [0.1, 0.15) is 10.4 Å². The van der Waals surface area contributed by atoms with E-state index in [0.717, 1.165) is 10.2 Å². The topological polar surface area (TPSA) is 64.4 Å². The molecule has 3 N–H and O–H groups in total. The molecule has 0 radical (unpaired) electrons. The zero-order chi connectivity index (χ0) is 14.4. The van der Waals surface area contributed by atoms with Crippen LogP contribution in [0.25, 0.3) is 0 Å². The summed E-state index contributed by atoms with van der Waals surface area (Å²) in [6.45, 7) is 0.823. The van der Waals surface area contributed by atoms with Gasteiger partial charge >= 0.3 is 0 Å². The Hall–Kier alpha value is -2.01. The number of anilines is 1. The van der Waals surface area contributed by atoms with Crippen molar-refractivity contribution in [1.82, 2.24) is 5.32 Å². The first-order valence-electron chi connectivity index (χ1n) is 6.18. The second-order valence-electron chi connectivity index (χ2n) is 4.15. The molecule has 0 spiro atoms.